The third-order valence-electron chi connectivity index (χ3n) is 5.36. The fourth-order valence-corrected chi connectivity index (χ4v) is 4.49. The molecule has 3 rings (SSSR count). The van der Waals surface area contributed by atoms with Gasteiger partial charge in [0.25, 0.3) is 0 Å². The van der Waals surface area contributed by atoms with Gasteiger partial charge in [-0.2, -0.15) is 5.10 Å². The van der Waals surface area contributed by atoms with E-state index >= 15 is 0 Å². The fraction of sp³-hybridized carbons (Fsp3) is 0.579. The number of amides is 2. The van der Waals surface area contributed by atoms with Gasteiger partial charge in [0.2, 0.25) is 0 Å². The van der Waals surface area contributed by atoms with Gasteiger partial charge in [0.15, 0.2) is 0 Å². The molecule has 1 aliphatic heterocycles. The van der Waals surface area contributed by atoms with Gasteiger partial charge in [-0.05, 0) is 51.0 Å². The van der Waals surface area contributed by atoms with Crippen LogP contribution in [0.25, 0.3) is 0 Å². The van der Waals surface area contributed by atoms with E-state index in [-0.39, 0.29) is 11.9 Å². The summed E-state index contributed by atoms with van der Waals surface area (Å²) in [6.07, 6.45) is 1.25. The average Bonchev–Trinajstić information content (AvgIpc) is 3.28. The summed E-state index contributed by atoms with van der Waals surface area (Å²) in [7, 11) is 0. The Hall–Kier alpha value is -1.86. The number of aliphatic hydroxyl groups excluding tert-OH is 1. The Morgan fingerprint density at radius 3 is 2.73 bits per heavy atom. The van der Waals surface area contributed by atoms with Crippen molar-refractivity contribution in [3.8, 4) is 0 Å². The Morgan fingerprint density at radius 1 is 1.42 bits per heavy atom. The summed E-state index contributed by atoms with van der Waals surface area (Å²) in [5.41, 5.74) is 3.19. The number of nitrogens with one attached hydrogen (secondary N) is 1. The highest BCUT2D eigenvalue weighted by molar-refractivity contribution is 7.10. The van der Waals surface area contributed by atoms with Crippen molar-refractivity contribution >= 4 is 17.4 Å². The number of nitrogens with zero attached hydrogens (tertiary/aromatic N) is 3. The van der Waals surface area contributed by atoms with Gasteiger partial charge in [-0.3, -0.25) is 4.68 Å². The maximum Gasteiger partial charge on any atom is 0.317 e. The van der Waals surface area contributed by atoms with Crippen LogP contribution in [0.1, 0.15) is 47.7 Å². The predicted octanol–water partition coefficient (Wildman–Crippen LogP) is 3.24. The molecule has 2 N–H and O–H groups in total. The number of carbonyl (C=O) groups is 1. The molecule has 7 heteroatoms. The van der Waals surface area contributed by atoms with Crippen molar-refractivity contribution in [2.24, 2.45) is 5.92 Å². The summed E-state index contributed by atoms with van der Waals surface area (Å²) in [5, 5.41) is 20.0. The molecule has 0 spiro atoms. The van der Waals surface area contributed by atoms with E-state index in [4.69, 9.17) is 0 Å². The van der Waals surface area contributed by atoms with Crippen LogP contribution in [0.3, 0.4) is 0 Å². The molecule has 1 aliphatic rings. The summed E-state index contributed by atoms with van der Waals surface area (Å²) < 4.78 is 1.97. The van der Waals surface area contributed by atoms with Crippen molar-refractivity contribution in [3.63, 3.8) is 0 Å². The maximum absolute atomic E-state index is 12.5. The molecule has 1 saturated heterocycles. The number of thiophene rings is 1. The number of carbonyl (C=O) groups excluding carboxylic acids is 1. The van der Waals surface area contributed by atoms with E-state index in [1.54, 1.807) is 11.3 Å². The topological polar surface area (TPSA) is 70.4 Å². The molecule has 0 saturated carbocycles. The normalized spacial score (nSPS) is 16.7. The first-order valence-electron chi connectivity index (χ1n) is 9.28. The minimum absolute atomic E-state index is 0.0305. The molecule has 142 valence electrons. The van der Waals surface area contributed by atoms with E-state index < -0.39 is 6.10 Å². The minimum Gasteiger partial charge on any atom is -0.387 e. The molecular weight excluding hydrogens is 348 g/mol. The van der Waals surface area contributed by atoms with Gasteiger partial charge in [-0.1, -0.05) is 6.07 Å². The number of aromatic nitrogens is 2. The highest BCUT2D eigenvalue weighted by Gasteiger charge is 2.28. The molecule has 0 unspecified atom stereocenters. The summed E-state index contributed by atoms with van der Waals surface area (Å²) in [5.74, 6) is 0.227. The first-order valence-corrected chi connectivity index (χ1v) is 10.2. The Labute approximate surface area is 158 Å². The molecule has 0 aromatic carbocycles. The number of hydrogen-bond acceptors (Lipinski definition) is 4. The van der Waals surface area contributed by atoms with Gasteiger partial charge < -0.3 is 15.3 Å². The van der Waals surface area contributed by atoms with Crippen LogP contribution in [0.2, 0.25) is 0 Å². The van der Waals surface area contributed by atoms with Crippen molar-refractivity contribution in [2.75, 3.05) is 13.1 Å². The molecule has 1 atom stereocenters. The van der Waals surface area contributed by atoms with Crippen LogP contribution >= 0.6 is 11.3 Å². The highest BCUT2D eigenvalue weighted by atomic mass is 32.1. The first kappa shape index (κ1) is 18.9. The highest BCUT2D eigenvalue weighted by Crippen LogP contribution is 2.32. The maximum atomic E-state index is 12.5. The Bertz CT molecular complexity index is 733. The van der Waals surface area contributed by atoms with Crippen LogP contribution in [-0.2, 0) is 13.1 Å². The zero-order chi connectivity index (χ0) is 18.7. The number of piperidine rings is 1. The summed E-state index contributed by atoms with van der Waals surface area (Å²) >= 11 is 1.59. The quantitative estimate of drug-likeness (QED) is 0.842. The molecular formula is C19H28N4O2S. The molecule has 26 heavy (non-hydrogen) atoms. The van der Waals surface area contributed by atoms with Crippen LogP contribution in [0.5, 0.6) is 0 Å². The number of rotatable bonds is 5. The Balaban J connectivity index is 1.50. The third kappa shape index (κ3) is 3.94. The average molecular weight is 377 g/mol. The van der Waals surface area contributed by atoms with Crippen molar-refractivity contribution in [3.05, 3.63) is 39.3 Å². The van der Waals surface area contributed by atoms with Crippen LogP contribution in [0.4, 0.5) is 4.79 Å². The van der Waals surface area contributed by atoms with Gasteiger partial charge in [0.1, 0.15) is 0 Å². The molecule has 2 amide bonds. The lowest BCUT2D eigenvalue weighted by Crippen LogP contribution is -2.45. The van der Waals surface area contributed by atoms with E-state index in [2.05, 4.69) is 17.3 Å². The number of aryl methyl sites for hydroxylation is 2. The summed E-state index contributed by atoms with van der Waals surface area (Å²) in [4.78, 5) is 15.4. The minimum atomic E-state index is -0.412. The molecule has 0 radical (unpaired) electrons. The number of urea groups is 1. The predicted molar refractivity (Wildman–Crippen MR) is 103 cm³/mol. The second kappa shape index (κ2) is 8.22. The van der Waals surface area contributed by atoms with Crippen LogP contribution < -0.4 is 5.32 Å². The number of likely N-dealkylation sites (tertiary alicyclic amines) is 1. The lowest BCUT2D eigenvalue weighted by atomic mass is 9.90. The molecule has 3 heterocycles. The molecule has 0 bridgehead atoms. The van der Waals surface area contributed by atoms with E-state index in [9.17, 15) is 9.90 Å². The Kier molecular flexibility index (Phi) is 5.98. The largest absolute Gasteiger partial charge is 0.387 e. The standard InChI is InChI=1S/C19H28N4O2S/c1-4-23-14(3)16(13(2)21-23)12-20-19(25)22-9-7-15(8-10-22)18(24)17-6-5-11-26-17/h5-6,11,15,18,24H,4,7-10,12H2,1-3H3,(H,20,25)/t18-/m1/s1. The van der Waals surface area contributed by atoms with E-state index in [0.717, 1.165) is 41.2 Å². The molecule has 6 nitrogen and oxygen atoms in total. The van der Waals surface area contributed by atoms with Crippen molar-refractivity contribution in [1.29, 1.82) is 0 Å². The molecule has 2 aromatic rings. The smallest absolute Gasteiger partial charge is 0.317 e. The number of aliphatic hydroxyl groups is 1. The van der Waals surface area contributed by atoms with Crippen molar-refractivity contribution in [2.45, 2.75) is 52.8 Å². The monoisotopic (exact) mass is 376 g/mol. The van der Waals surface area contributed by atoms with Crippen molar-refractivity contribution < 1.29 is 9.90 Å². The fourth-order valence-electron chi connectivity index (χ4n) is 3.68. The van der Waals surface area contributed by atoms with E-state index in [0.29, 0.717) is 19.6 Å². The zero-order valence-electron chi connectivity index (χ0n) is 15.7. The molecule has 0 aliphatic carbocycles. The zero-order valence-corrected chi connectivity index (χ0v) is 16.6. The molecule has 2 aromatic heterocycles. The number of hydrogen-bond donors (Lipinski definition) is 2. The Morgan fingerprint density at radius 2 is 2.15 bits per heavy atom. The second-order valence-electron chi connectivity index (χ2n) is 6.91. The lowest BCUT2D eigenvalue weighted by molar-refractivity contribution is 0.0689. The summed E-state index contributed by atoms with van der Waals surface area (Å²) in [6.45, 7) is 8.81. The third-order valence-corrected chi connectivity index (χ3v) is 6.30. The van der Waals surface area contributed by atoms with Gasteiger partial charge in [0, 0.05) is 42.3 Å². The SMILES string of the molecule is CCn1nc(C)c(CNC(=O)N2CCC([C@@H](O)c3cccs3)CC2)c1C. The summed E-state index contributed by atoms with van der Waals surface area (Å²) in [6, 6.07) is 3.92. The molecule has 1 fully saturated rings. The van der Waals surface area contributed by atoms with Gasteiger partial charge in [-0.15, -0.1) is 11.3 Å². The van der Waals surface area contributed by atoms with Crippen LogP contribution in [0.15, 0.2) is 17.5 Å². The van der Waals surface area contributed by atoms with Gasteiger partial charge in [-0.25, -0.2) is 4.79 Å². The van der Waals surface area contributed by atoms with E-state index in [1.165, 1.54) is 0 Å². The van der Waals surface area contributed by atoms with Crippen molar-refractivity contribution in [1.82, 2.24) is 20.0 Å². The lowest BCUT2D eigenvalue weighted by Gasteiger charge is -2.34. The van der Waals surface area contributed by atoms with E-state index in [1.807, 2.05) is 40.9 Å². The van der Waals surface area contributed by atoms with Gasteiger partial charge in [0.05, 0.1) is 11.8 Å². The van der Waals surface area contributed by atoms with Crippen LogP contribution in [-0.4, -0.2) is 38.9 Å². The second-order valence-corrected chi connectivity index (χ2v) is 7.89. The van der Waals surface area contributed by atoms with Crippen LogP contribution in [0, 0.1) is 19.8 Å². The van der Waals surface area contributed by atoms with Gasteiger partial charge >= 0.3 is 6.03 Å². The first-order chi connectivity index (χ1) is 12.5.